The topological polar surface area (TPSA) is 17.4 Å². The summed E-state index contributed by atoms with van der Waals surface area (Å²) >= 11 is 5.80. The number of thiocarbonyl (C=S) groups is 1. The molecule has 0 saturated carbocycles. The van der Waals surface area contributed by atoms with Crippen LogP contribution < -0.4 is 4.74 Å². The van der Waals surface area contributed by atoms with Crippen molar-refractivity contribution >= 4 is 28.1 Å². The van der Waals surface area contributed by atoms with E-state index in [0.717, 1.165) is 30.4 Å². The number of likely N-dealkylation sites (tertiary alicyclic amines) is 1. The van der Waals surface area contributed by atoms with Crippen molar-refractivity contribution in [3.05, 3.63) is 65.9 Å². The van der Waals surface area contributed by atoms with Crippen LogP contribution in [0.5, 0.6) is 5.75 Å². The summed E-state index contributed by atoms with van der Waals surface area (Å²) in [6, 6.07) is 16.7. The Morgan fingerprint density at radius 2 is 1.77 bits per heavy atom. The standard InChI is InChI=1S/C22H24N2OS/c1-17-8-10-18(11-9-17)25-15-14-24-16-20(19-6-2-3-7-21(19)24)22(26)23-12-4-5-13-23/h2-3,6-11,16H,4-5,12-15H2,1H3. The van der Waals surface area contributed by atoms with Gasteiger partial charge in [-0.2, -0.15) is 0 Å². The van der Waals surface area contributed by atoms with Crippen molar-refractivity contribution in [3.63, 3.8) is 0 Å². The zero-order valence-corrected chi connectivity index (χ0v) is 16.0. The summed E-state index contributed by atoms with van der Waals surface area (Å²) in [5, 5.41) is 1.24. The second kappa shape index (κ2) is 7.50. The second-order valence-corrected chi connectivity index (χ2v) is 7.30. The van der Waals surface area contributed by atoms with Crippen molar-refractivity contribution < 1.29 is 4.74 Å². The zero-order valence-electron chi connectivity index (χ0n) is 15.1. The lowest BCUT2D eigenvalue weighted by molar-refractivity contribution is 0.300. The SMILES string of the molecule is Cc1ccc(OCCn2cc(C(=S)N3CCCC3)c3ccccc32)cc1. The van der Waals surface area contributed by atoms with Crippen LogP contribution in [-0.2, 0) is 6.54 Å². The molecule has 0 aliphatic carbocycles. The predicted molar refractivity (Wildman–Crippen MR) is 111 cm³/mol. The van der Waals surface area contributed by atoms with Gasteiger partial charge in [0.15, 0.2) is 0 Å². The lowest BCUT2D eigenvalue weighted by Crippen LogP contribution is -2.26. The quantitative estimate of drug-likeness (QED) is 0.606. The third-order valence-corrected chi connectivity index (χ3v) is 5.51. The summed E-state index contributed by atoms with van der Waals surface area (Å²) in [6.07, 6.45) is 4.68. The van der Waals surface area contributed by atoms with Gasteiger partial charge in [0.2, 0.25) is 0 Å². The van der Waals surface area contributed by atoms with Gasteiger partial charge >= 0.3 is 0 Å². The van der Waals surface area contributed by atoms with E-state index >= 15 is 0 Å². The first kappa shape index (κ1) is 17.1. The lowest BCUT2D eigenvalue weighted by atomic mass is 10.1. The van der Waals surface area contributed by atoms with Crippen LogP contribution in [0.2, 0.25) is 0 Å². The van der Waals surface area contributed by atoms with E-state index in [9.17, 15) is 0 Å². The third-order valence-electron chi connectivity index (χ3n) is 5.03. The van der Waals surface area contributed by atoms with Gasteiger partial charge in [-0.1, -0.05) is 48.1 Å². The molecular formula is C22H24N2OS. The molecular weight excluding hydrogens is 340 g/mol. The van der Waals surface area contributed by atoms with E-state index in [0.29, 0.717) is 6.61 Å². The van der Waals surface area contributed by atoms with Gasteiger partial charge in [0.25, 0.3) is 0 Å². The highest BCUT2D eigenvalue weighted by Gasteiger charge is 2.20. The van der Waals surface area contributed by atoms with Crippen molar-refractivity contribution in [2.75, 3.05) is 19.7 Å². The van der Waals surface area contributed by atoms with Crippen LogP contribution in [0.1, 0.15) is 24.0 Å². The van der Waals surface area contributed by atoms with E-state index < -0.39 is 0 Å². The van der Waals surface area contributed by atoms with Crippen molar-refractivity contribution in [2.45, 2.75) is 26.3 Å². The molecule has 1 aromatic heterocycles. The Morgan fingerprint density at radius 1 is 1.04 bits per heavy atom. The number of hydrogen-bond donors (Lipinski definition) is 0. The van der Waals surface area contributed by atoms with Crippen LogP contribution in [0.25, 0.3) is 10.9 Å². The first-order chi connectivity index (χ1) is 12.7. The Hall–Kier alpha value is -2.33. The maximum Gasteiger partial charge on any atom is 0.119 e. The molecule has 0 atom stereocenters. The molecule has 0 bridgehead atoms. The molecule has 3 aromatic rings. The number of hydrogen-bond acceptors (Lipinski definition) is 2. The van der Waals surface area contributed by atoms with Crippen molar-refractivity contribution in [2.24, 2.45) is 0 Å². The van der Waals surface area contributed by atoms with Gasteiger partial charge in [-0.05, 0) is 38.0 Å². The molecule has 1 fully saturated rings. The number of nitrogens with zero attached hydrogens (tertiary/aromatic N) is 2. The monoisotopic (exact) mass is 364 g/mol. The first-order valence-electron chi connectivity index (χ1n) is 9.29. The smallest absolute Gasteiger partial charge is 0.119 e. The zero-order chi connectivity index (χ0) is 17.9. The van der Waals surface area contributed by atoms with Gasteiger partial charge in [0.05, 0.1) is 6.54 Å². The summed E-state index contributed by atoms with van der Waals surface area (Å²) in [4.78, 5) is 3.32. The Labute approximate surface area is 160 Å². The number of benzene rings is 2. The molecule has 4 rings (SSSR count). The molecule has 134 valence electrons. The summed E-state index contributed by atoms with van der Waals surface area (Å²) in [5.74, 6) is 0.917. The van der Waals surface area contributed by atoms with E-state index in [-0.39, 0.29) is 0 Å². The van der Waals surface area contributed by atoms with Gasteiger partial charge in [-0.25, -0.2) is 0 Å². The van der Waals surface area contributed by atoms with Crippen LogP contribution in [0, 0.1) is 6.92 Å². The average Bonchev–Trinajstić information content (AvgIpc) is 3.32. The highest BCUT2D eigenvalue weighted by molar-refractivity contribution is 7.80. The van der Waals surface area contributed by atoms with Crippen LogP contribution >= 0.6 is 12.2 Å². The summed E-state index contributed by atoms with van der Waals surface area (Å²) in [7, 11) is 0. The minimum Gasteiger partial charge on any atom is -0.492 e. The Kier molecular flexibility index (Phi) is 4.93. The maximum atomic E-state index is 5.92. The fraction of sp³-hybridized carbons (Fsp3) is 0.318. The van der Waals surface area contributed by atoms with Gasteiger partial charge in [0, 0.05) is 35.8 Å². The average molecular weight is 365 g/mol. The van der Waals surface area contributed by atoms with Gasteiger partial charge in [-0.3, -0.25) is 0 Å². The van der Waals surface area contributed by atoms with E-state index in [4.69, 9.17) is 17.0 Å². The molecule has 0 spiro atoms. The van der Waals surface area contributed by atoms with Crippen LogP contribution in [-0.4, -0.2) is 34.2 Å². The van der Waals surface area contributed by atoms with E-state index in [1.54, 1.807) is 0 Å². The number of rotatable bonds is 5. The minimum absolute atomic E-state index is 0.637. The van der Waals surface area contributed by atoms with Gasteiger partial charge in [0.1, 0.15) is 17.3 Å². The highest BCUT2D eigenvalue weighted by atomic mass is 32.1. The normalized spacial score (nSPS) is 14.1. The minimum atomic E-state index is 0.637. The van der Waals surface area contributed by atoms with Crippen molar-refractivity contribution in [3.8, 4) is 5.75 Å². The van der Waals surface area contributed by atoms with Gasteiger partial charge < -0.3 is 14.2 Å². The van der Waals surface area contributed by atoms with Crippen LogP contribution in [0.3, 0.4) is 0 Å². The first-order valence-corrected chi connectivity index (χ1v) is 9.70. The lowest BCUT2D eigenvalue weighted by Gasteiger charge is -2.17. The van der Waals surface area contributed by atoms with Crippen LogP contribution in [0.15, 0.2) is 54.7 Å². The highest BCUT2D eigenvalue weighted by Crippen LogP contribution is 2.25. The number of fused-ring (bicyclic) bond motifs is 1. The molecule has 1 aliphatic rings. The molecule has 1 aliphatic heterocycles. The summed E-state index contributed by atoms with van der Waals surface area (Å²) < 4.78 is 8.18. The fourth-order valence-electron chi connectivity index (χ4n) is 3.59. The maximum absolute atomic E-state index is 5.92. The molecule has 0 unspecified atom stereocenters. The Balaban J connectivity index is 1.53. The molecule has 2 aromatic carbocycles. The molecule has 0 N–H and O–H groups in total. The summed E-state index contributed by atoms with van der Waals surface area (Å²) in [6.45, 7) is 5.68. The molecule has 0 amide bonds. The second-order valence-electron chi connectivity index (χ2n) is 6.91. The molecule has 26 heavy (non-hydrogen) atoms. The number of aryl methyl sites for hydroxylation is 1. The Morgan fingerprint density at radius 3 is 2.54 bits per heavy atom. The van der Waals surface area contributed by atoms with E-state index in [1.165, 1.54) is 34.9 Å². The molecule has 1 saturated heterocycles. The summed E-state index contributed by atoms with van der Waals surface area (Å²) in [5.41, 5.74) is 3.64. The largest absolute Gasteiger partial charge is 0.492 e. The van der Waals surface area contributed by atoms with Crippen molar-refractivity contribution in [1.29, 1.82) is 0 Å². The third kappa shape index (κ3) is 3.47. The molecule has 4 heteroatoms. The molecule has 2 heterocycles. The predicted octanol–water partition coefficient (Wildman–Crippen LogP) is 4.80. The Bertz CT molecular complexity index is 908. The number of ether oxygens (including phenoxy) is 1. The number of para-hydroxylation sites is 1. The molecule has 3 nitrogen and oxygen atoms in total. The fourth-order valence-corrected chi connectivity index (χ4v) is 3.93. The molecule has 0 radical (unpaired) electrons. The van der Waals surface area contributed by atoms with Crippen molar-refractivity contribution in [1.82, 2.24) is 9.47 Å². The van der Waals surface area contributed by atoms with E-state index in [1.807, 2.05) is 12.1 Å². The van der Waals surface area contributed by atoms with Crippen LogP contribution in [0.4, 0.5) is 0 Å². The van der Waals surface area contributed by atoms with Gasteiger partial charge in [-0.15, -0.1) is 0 Å². The number of aromatic nitrogens is 1. The van der Waals surface area contributed by atoms with E-state index in [2.05, 4.69) is 59.0 Å².